The minimum Gasteiger partial charge on any atom is -0.462 e. The Kier molecular flexibility index (Phi) is 4.92. The topological polar surface area (TPSA) is 82.2 Å². The number of ether oxygens (including phenoxy) is 1. The second-order valence-corrected chi connectivity index (χ2v) is 7.10. The van der Waals surface area contributed by atoms with Gasteiger partial charge in [-0.2, -0.15) is 5.10 Å². The molecule has 28 heavy (non-hydrogen) atoms. The van der Waals surface area contributed by atoms with Crippen LogP contribution < -0.4 is 11.1 Å². The van der Waals surface area contributed by atoms with E-state index < -0.39 is 12.0 Å². The number of esters is 1. The summed E-state index contributed by atoms with van der Waals surface area (Å²) >= 11 is 3.65. The fraction of sp³-hybridized carbons (Fsp3) is 0.143. The highest BCUT2D eigenvalue weighted by Gasteiger charge is 2.36. The number of nitrogens with one attached hydrogen (secondary N) is 1. The molecule has 0 radical (unpaired) electrons. The van der Waals surface area contributed by atoms with Crippen LogP contribution in [0, 0.1) is 0 Å². The first-order valence-corrected chi connectivity index (χ1v) is 9.73. The summed E-state index contributed by atoms with van der Waals surface area (Å²) < 4.78 is 7.84. The van der Waals surface area contributed by atoms with E-state index in [9.17, 15) is 4.79 Å². The van der Waals surface area contributed by atoms with E-state index >= 15 is 0 Å². The van der Waals surface area contributed by atoms with Gasteiger partial charge in [0.15, 0.2) is 0 Å². The molecule has 0 bridgehead atoms. The highest BCUT2D eigenvalue weighted by atomic mass is 79.9. The van der Waals surface area contributed by atoms with Crippen LogP contribution in [0.5, 0.6) is 0 Å². The fourth-order valence-electron chi connectivity index (χ4n) is 3.33. The average molecular weight is 439 g/mol. The van der Waals surface area contributed by atoms with Gasteiger partial charge < -0.3 is 15.8 Å². The molecule has 0 saturated heterocycles. The van der Waals surface area contributed by atoms with Crippen LogP contribution in [0.3, 0.4) is 0 Å². The lowest BCUT2D eigenvalue weighted by atomic mass is 9.97. The van der Waals surface area contributed by atoms with E-state index in [1.807, 2.05) is 60.7 Å². The number of benzene rings is 2. The summed E-state index contributed by atoms with van der Waals surface area (Å²) in [7, 11) is 0. The number of hydrogen-bond donors (Lipinski definition) is 2. The number of rotatable bonds is 4. The first-order chi connectivity index (χ1) is 13.6. The number of halogens is 1. The molecule has 142 valence electrons. The van der Waals surface area contributed by atoms with Gasteiger partial charge in [0, 0.05) is 5.56 Å². The van der Waals surface area contributed by atoms with Crippen LogP contribution in [-0.2, 0) is 9.53 Å². The van der Waals surface area contributed by atoms with E-state index in [1.165, 1.54) is 0 Å². The molecule has 1 aromatic heterocycles. The Hall–Kier alpha value is -3.06. The SMILES string of the molecule is CCOC(=O)C1=C(N)Nc2c(Br)c(-c3ccccc3)nn2C1c1ccccc1. The third-order valence-electron chi connectivity index (χ3n) is 4.57. The van der Waals surface area contributed by atoms with Crippen molar-refractivity contribution in [2.24, 2.45) is 5.73 Å². The molecule has 0 aliphatic carbocycles. The van der Waals surface area contributed by atoms with Gasteiger partial charge in [0.25, 0.3) is 0 Å². The van der Waals surface area contributed by atoms with E-state index in [0.29, 0.717) is 11.4 Å². The summed E-state index contributed by atoms with van der Waals surface area (Å²) in [6.45, 7) is 2.04. The van der Waals surface area contributed by atoms with Crippen LogP contribution in [-0.4, -0.2) is 22.4 Å². The Morgan fingerprint density at radius 1 is 1.18 bits per heavy atom. The van der Waals surface area contributed by atoms with Gasteiger partial charge in [-0.1, -0.05) is 60.7 Å². The summed E-state index contributed by atoms with van der Waals surface area (Å²) in [5, 5.41) is 7.93. The highest BCUT2D eigenvalue weighted by molar-refractivity contribution is 9.10. The molecule has 2 heterocycles. The molecule has 1 unspecified atom stereocenters. The van der Waals surface area contributed by atoms with Gasteiger partial charge >= 0.3 is 5.97 Å². The molecule has 0 spiro atoms. The summed E-state index contributed by atoms with van der Waals surface area (Å²) in [4.78, 5) is 12.7. The lowest BCUT2D eigenvalue weighted by Gasteiger charge is -2.28. The first-order valence-electron chi connectivity index (χ1n) is 8.94. The molecule has 1 atom stereocenters. The maximum absolute atomic E-state index is 12.7. The van der Waals surface area contributed by atoms with Crippen molar-refractivity contribution in [2.75, 3.05) is 11.9 Å². The zero-order chi connectivity index (χ0) is 19.7. The van der Waals surface area contributed by atoms with Crippen LogP contribution in [0.4, 0.5) is 5.82 Å². The molecule has 3 aromatic rings. The predicted molar refractivity (Wildman–Crippen MR) is 111 cm³/mol. The summed E-state index contributed by atoms with van der Waals surface area (Å²) in [5.41, 5.74) is 9.24. The van der Waals surface area contributed by atoms with E-state index in [0.717, 1.165) is 21.3 Å². The highest BCUT2D eigenvalue weighted by Crippen LogP contribution is 2.42. The molecule has 1 aliphatic rings. The molecule has 0 saturated carbocycles. The second kappa shape index (κ2) is 7.52. The third-order valence-corrected chi connectivity index (χ3v) is 5.32. The van der Waals surface area contributed by atoms with Gasteiger partial charge in [0.1, 0.15) is 28.9 Å². The minimum atomic E-state index is -0.495. The number of nitrogens with two attached hydrogens (primary N) is 1. The molecule has 7 heteroatoms. The molecule has 2 aromatic carbocycles. The van der Waals surface area contributed by atoms with Gasteiger partial charge in [-0.25, -0.2) is 9.48 Å². The summed E-state index contributed by atoms with van der Waals surface area (Å²) in [6, 6.07) is 19.0. The molecule has 3 N–H and O–H groups in total. The zero-order valence-corrected chi connectivity index (χ0v) is 16.8. The van der Waals surface area contributed by atoms with Crippen molar-refractivity contribution >= 4 is 27.7 Å². The second-order valence-electron chi connectivity index (χ2n) is 6.31. The molecular weight excluding hydrogens is 420 g/mol. The van der Waals surface area contributed by atoms with Crippen LogP contribution in [0.25, 0.3) is 11.3 Å². The summed E-state index contributed by atoms with van der Waals surface area (Å²) in [5.74, 6) is 0.498. The zero-order valence-electron chi connectivity index (χ0n) is 15.2. The number of aromatic nitrogens is 2. The largest absolute Gasteiger partial charge is 0.462 e. The van der Waals surface area contributed by atoms with Crippen molar-refractivity contribution in [1.29, 1.82) is 0 Å². The Bertz CT molecular complexity index is 1050. The van der Waals surface area contributed by atoms with Crippen LogP contribution >= 0.6 is 15.9 Å². The van der Waals surface area contributed by atoms with Crippen molar-refractivity contribution in [3.63, 3.8) is 0 Å². The molecule has 0 amide bonds. The van der Waals surface area contributed by atoms with Gasteiger partial charge in [-0.15, -0.1) is 0 Å². The Balaban J connectivity index is 1.91. The van der Waals surface area contributed by atoms with Crippen LogP contribution in [0.15, 0.2) is 76.5 Å². The number of hydrogen-bond acceptors (Lipinski definition) is 5. The number of nitrogens with zero attached hydrogens (tertiary/aromatic N) is 2. The van der Waals surface area contributed by atoms with E-state index in [-0.39, 0.29) is 12.4 Å². The molecule has 0 fully saturated rings. The van der Waals surface area contributed by atoms with Gasteiger partial charge in [0.2, 0.25) is 0 Å². The normalized spacial score (nSPS) is 15.7. The quantitative estimate of drug-likeness (QED) is 0.600. The lowest BCUT2D eigenvalue weighted by molar-refractivity contribution is -0.139. The fourth-order valence-corrected chi connectivity index (χ4v) is 3.92. The maximum atomic E-state index is 12.7. The van der Waals surface area contributed by atoms with Crippen molar-refractivity contribution in [2.45, 2.75) is 13.0 Å². The third kappa shape index (κ3) is 3.07. The maximum Gasteiger partial charge on any atom is 0.340 e. The number of carbonyl (C=O) groups excluding carboxylic acids is 1. The Morgan fingerprint density at radius 3 is 2.46 bits per heavy atom. The van der Waals surface area contributed by atoms with Crippen molar-refractivity contribution in [3.05, 3.63) is 82.1 Å². The smallest absolute Gasteiger partial charge is 0.340 e. The van der Waals surface area contributed by atoms with Gasteiger partial charge in [-0.05, 0) is 28.4 Å². The van der Waals surface area contributed by atoms with Crippen LogP contribution in [0.1, 0.15) is 18.5 Å². The Morgan fingerprint density at radius 2 is 1.82 bits per heavy atom. The van der Waals surface area contributed by atoms with E-state index in [1.54, 1.807) is 11.6 Å². The molecule has 1 aliphatic heterocycles. The molecule has 4 rings (SSSR count). The monoisotopic (exact) mass is 438 g/mol. The van der Waals surface area contributed by atoms with E-state index in [2.05, 4.69) is 21.2 Å². The molecule has 6 nitrogen and oxygen atoms in total. The molecular formula is C21H19BrN4O2. The van der Waals surface area contributed by atoms with Gasteiger partial charge in [-0.3, -0.25) is 0 Å². The Labute approximate surface area is 171 Å². The predicted octanol–water partition coefficient (Wildman–Crippen LogP) is 4.06. The van der Waals surface area contributed by atoms with Gasteiger partial charge in [0.05, 0.1) is 11.1 Å². The number of anilines is 1. The lowest BCUT2D eigenvalue weighted by Crippen LogP contribution is -2.33. The number of fused-ring (bicyclic) bond motifs is 1. The average Bonchev–Trinajstić information content (AvgIpc) is 3.04. The van der Waals surface area contributed by atoms with Crippen molar-refractivity contribution in [3.8, 4) is 11.3 Å². The standard InChI is InChI=1S/C21H19BrN4O2/c1-2-28-21(27)15-18(14-11-7-4-8-12-14)26-20(24-19(15)23)16(22)17(25-26)13-9-5-3-6-10-13/h3-12,18,24H,2,23H2,1H3. The first kappa shape index (κ1) is 18.3. The van der Waals surface area contributed by atoms with E-state index in [4.69, 9.17) is 15.6 Å². The summed E-state index contributed by atoms with van der Waals surface area (Å²) in [6.07, 6.45) is 0. The van der Waals surface area contributed by atoms with Crippen molar-refractivity contribution < 1.29 is 9.53 Å². The number of carbonyl (C=O) groups is 1. The van der Waals surface area contributed by atoms with Crippen molar-refractivity contribution in [1.82, 2.24) is 9.78 Å². The minimum absolute atomic E-state index is 0.264. The van der Waals surface area contributed by atoms with Crippen LogP contribution in [0.2, 0.25) is 0 Å².